The van der Waals surface area contributed by atoms with Crippen LogP contribution in [-0.2, 0) is 4.79 Å². The van der Waals surface area contributed by atoms with Crippen LogP contribution in [0.5, 0.6) is 0 Å². The van der Waals surface area contributed by atoms with E-state index in [0.29, 0.717) is 0 Å². The monoisotopic (exact) mass is 281 g/mol. The average Bonchev–Trinajstić information content (AvgIpc) is 3.06. The maximum absolute atomic E-state index is 12.6. The van der Waals surface area contributed by atoms with E-state index in [1.165, 1.54) is 25.7 Å². The molecule has 20 heavy (non-hydrogen) atoms. The minimum Gasteiger partial charge on any atom is -0.324 e. The van der Waals surface area contributed by atoms with Crippen LogP contribution in [0.3, 0.4) is 0 Å². The van der Waals surface area contributed by atoms with Gasteiger partial charge in [0.15, 0.2) is 0 Å². The molecule has 2 unspecified atom stereocenters. The number of amides is 1. The molecule has 2 atom stereocenters. The molecule has 0 radical (unpaired) electrons. The van der Waals surface area contributed by atoms with Crippen LogP contribution in [-0.4, -0.2) is 53.6 Å². The molecule has 116 valence electrons. The van der Waals surface area contributed by atoms with E-state index in [2.05, 4.69) is 36.0 Å². The standard InChI is InChI=1S/C16H31N3O/c1-5-14-17-16(3,6-2)15(20)19(14)12-11-18(4)13-9-7-8-10-13/h13-14,17H,5-12H2,1-4H3. The highest BCUT2D eigenvalue weighted by molar-refractivity contribution is 5.88. The molecular weight excluding hydrogens is 250 g/mol. The Balaban J connectivity index is 1.91. The Hall–Kier alpha value is -0.610. The van der Waals surface area contributed by atoms with Crippen LogP contribution < -0.4 is 5.32 Å². The number of carbonyl (C=O) groups is 1. The van der Waals surface area contributed by atoms with Crippen LogP contribution in [0.4, 0.5) is 0 Å². The van der Waals surface area contributed by atoms with Crippen LogP contribution >= 0.6 is 0 Å². The van der Waals surface area contributed by atoms with E-state index in [-0.39, 0.29) is 17.6 Å². The summed E-state index contributed by atoms with van der Waals surface area (Å²) < 4.78 is 0. The highest BCUT2D eigenvalue weighted by Crippen LogP contribution is 2.26. The number of carbonyl (C=O) groups excluding carboxylic acids is 1. The second kappa shape index (κ2) is 6.44. The highest BCUT2D eigenvalue weighted by Gasteiger charge is 2.45. The Kier molecular flexibility index (Phi) is 5.08. The molecule has 1 aliphatic heterocycles. The molecule has 0 bridgehead atoms. The molecule has 0 spiro atoms. The van der Waals surface area contributed by atoms with Crippen molar-refractivity contribution in [1.29, 1.82) is 0 Å². The molecule has 1 aliphatic carbocycles. The summed E-state index contributed by atoms with van der Waals surface area (Å²) >= 11 is 0. The number of rotatable bonds is 6. The summed E-state index contributed by atoms with van der Waals surface area (Å²) in [5, 5.41) is 3.52. The van der Waals surface area contributed by atoms with Gasteiger partial charge in [-0.1, -0.05) is 26.7 Å². The van der Waals surface area contributed by atoms with E-state index in [1.807, 2.05) is 6.92 Å². The number of hydrogen-bond donors (Lipinski definition) is 1. The number of hydrogen-bond acceptors (Lipinski definition) is 3. The summed E-state index contributed by atoms with van der Waals surface area (Å²) in [6, 6.07) is 0.735. The predicted octanol–water partition coefficient (Wildman–Crippen LogP) is 2.20. The molecule has 1 saturated heterocycles. The lowest BCUT2D eigenvalue weighted by Crippen LogP contribution is -2.44. The van der Waals surface area contributed by atoms with Gasteiger partial charge in [-0.3, -0.25) is 10.1 Å². The smallest absolute Gasteiger partial charge is 0.243 e. The molecule has 1 saturated carbocycles. The van der Waals surface area contributed by atoms with Gasteiger partial charge in [-0.15, -0.1) is 0 Å². The quantitative estimate of drug-likeness (QED) is 0.811. The summed E-state index contributed by atoms with van der Waals surface area (Å²) in [5.74, 6) is 0.284. The molecule has 1 heterocycles. The van der Waals surface area contributed by atoms with Crippen molar-refractivity contribution in [3.63, 3.8) is 0 Å². The van der Waals surface area contributed by atoms with E-state index in [4.69, 9.17) is 0 Å². The average molecular weight is 281 g/mol. The van der Waals surface area contributed by atoms with Crippen LogP contribution in [0.25, 0.3) is 0 Å². The Morgan fingerprint density at radius 3 is 2.55 bits per heavy atom. The molecule has 1 amide bonds. The molecule has 4 heteroatoms. The summed E-state index contributed by atoms with van der Waals surface area (Å²) in [5.41, 5.74) is -0.355. The zero-order chi connectivity index (χ0) is 14.8. The van der Waals surface area contributed by atoms with E-state index in [0.717, 1.165) is 32.0 Å². The lowest BCUT2D eigenvalue weighted by Gasteiger charge is -2.29. The van der Waals surface area contributed by atoms with Gasteiger partial charge in [-0.25, -0.2) is 0 Å². The second-order valence-electron chi connectivity index (χ2n) is 6.67. The maximum atomic E-state index is 12.6. The zero-order valence-corrected chi connectivity index (χ0v) is 13.6. The van der Waals surface area contributed by atoms with Gasteiger partial charge in [0.25, 0.3) is 0 Å². The van der Waals surface area contributed by atoms with Gasteiger partial charge in [0.2, 0.25) is 5.91 Å². The normalized spacial score (nSPS) is 31.8. The van der Waals surface area contributed by atoms with Crippen molar-refractivity contribution in [1.82, 2.24) is 15.1 Å². The van der Waals surface area contributed by atoms with Crippen molar-refractivity contribution >= 4 is 5.91 Å². The van der Waals surface area contributed by atoms with Gasteiger partial charge < -0.3 is 9.80 Å². The third-order valence-electron chi connectivity index (χ3n) is 5.33. The van der Waals surface area contributed by atoms with Crippen molar-refractivity contribution in [3.05, 3.63) is 0 Å². The largest absolute Gasteiger partial charge is 0.324 e. The molecule has 0 aromatic rings. The summed E-state index contributed by atoms with van der Waals surface area (Å²) in [6.45, 7) is 8.13. The molecule has 1 N–H and O–H groups in total. The third-order valence-corrected chi connectivity index (χ3v) is 5.33. The van der Waals surface area contributed by atoms with Gasteiger partial charge in [-0.05, 0) is 39.7 Å². The van der Waals surface area contributed by atoms with Gasteiger partial charge >= 0.3 is 0 Å². The fourth-order valence-electron chi connectivity index (χ4n) is 3.59. The second-order valence-corrected chi connectivity index (χ2v) is 6.67. The maximum Gasteiger partial charge on any atom is 0.243 e. The van der Waals surface area contributed by atoms with E-state index in [9.17, 15) is 4.79 Å². The van der Waals surface area contributed by atoms with Crippen LogP contribution in [0, 0.1) is 0 Å². The van der Waals surface area contributed by atoms with Gasteiger partial charge in [0.05, 0.1) is 11.7 Å². The number of nitrogens with zero attached hydrogens (tertiary/aromatic N) is 2. The topological polar surface area (TPSA) is 35.6 Å². The minimum atomic E-state index is -0.355. The van der Waals surface area contributed by atoms with Crippen molar-refractivity contribution in [2.45, 2.75) is 77.0 Å². The number of nitrogens with one attached hydrogen (secondary N) is 1. The van der Waals surface area contributed by atoms with E-state index < -0.39 is 0 Å². The molecular formula is C16H31N3O. The number of likely N-dealkylation sites (N-methyl/N-ethyl adjacent to an activating group) is 1. The highest BCUT2D eigenvalue weighted by atomic mass is 16.2. The van der Waals surface area contributed by atoms with Crippen LogP contribution in [0.2, 0.25) is 0 Å². The lowest BCUT2D eigenvalue weighted by atomic mass is 9.99. The summed E-state index contributed by atoms with van der Waals surface area (Å²) in [6.07, 6.45) is 7.43. The SMILES string of the molecule is CCC1NC(C)(CC)C(=O)N1CCN(C)C1CCCC1. The van der Waals surface area contributed by atoms with Crippen molar-refractivity contribution in [2.24, 2.45) is 0 Å². The van der Waals surface area contributed by atoms with Crippen molar-refractivity contribution in [2.75, 3.05) is 20.1 Å². The first-order valence-electron chi connectivity index (χ1n) is 8.30. The Labute approximate surface area is 123 Å². The van der Waals surface area contributed by atoms with E-state index in [1.54, 1.807) is 0 Å². The van der Waals surface area contributed by atoms with Gasteiger partial charge in [-0.2, -0.15) is 0 Å². The first-order chi connectivity index (χ1) is 9.51. The molecule has 0 aromatic heterocycles. The fourth-order valence-corrected chi connectivity index (χ4v) is 3.59. The first-order valence-corrected chi connectivity index (χ1v) is 8.30. The molecule has 4 nitrogen and oxygen atoms in total. The summed E-state index contributed by atoms with van der Waals surface area (Å²) in [4.78, 5) is 17.1. The summed E-state index contributed by atoms with van der Waals surface area (Å²) in [7, 11) is 2.21. The molecule has 0 aromatic carbocycles. The predicted molar refractivity (Wildman–Crippen MR) is 82.5 cm³/mol. The van der Waals surface area contributed by atoms with Crippen LogP contribution in [0.1, 0.15) is 59.3 Å². The van der Waals surface area contributed by atoms with Gasteiger partial charge in [0, 0.05) is 19.1 Å². The zero-order valence-electron chi connectivity index (χ0n) is 13.6. The van der Waals surface area contributed by atoms with Crippen LogP contribution in [0.15, 0.2) is 0 Å². The molecule has 2 fully saturated rings. The fraction of sp³-hybridized carbons (Fsp3) is 0.938. The van der Waals surface area contributed by atoms with Crippen molar-refractivity contribution < 1.29 is 4.79 Å². The third kappa shape index (κ3) is 3.01. The lowest BCUT2D eigenvalue weighted by molar-refractivity contribution is -0.133. The van der Waals surface area contributed by atoms with E-state index >= 15 is 0 Å². The first kappa shape index (κ1) is 15.8. The minimum absolute atomic E-state index is 0.212. The Morgan fingerprint density at radius 2 is 2.00 bits per heavy atom. The van der Waals surface area contributed by atoms with Gasteiger partial charge in [0.1, 0.15) is 0 Å². The Bertz CT molecular complexity index is 341. The Morgan fingerprint density at radius 1 is 1.35 bits per heavy atom. The van der Waals surface area contributed by atoms with Crippen molar-refractivity contribution in [3.8, 4) is 0 Å². The molecule has 2 rings (SSSR count). The molecule has 2 aliphatic rings.